The maximum absolute atomic E-state index is 14.1. The molecule has 1 heterocycles. The SMILES string of the molecule is CCOc1ccc(C)cc1-c1cc2c(c3c1OP(=O)(O)O[C@@H]1C(c4cc(C)ccc4OCC)CC4=C(CCCC4)[C@H]31)CCCC2. The summed E-state index contributed by atoms with van der Waals surface area (Å²) in [6.07, 6.45) is 8.64. The number of phosphoric ester groups is 1. The number of hydrogen-bond donors (Lipinski definition) is 1. The summed E-state index contributed by atoms with van der Waals surface area (Å²) in [6, 6.07) is 14.7. The number of ether oxygens (including phenoxy) is 2. The van der Waals surface area contributed by atoms with E-state index < -0.39 is 13.9 Å². The van der Waals surface area contributed by atoms with Crippen LogP contribution in [0.4, 0.5) is 0 Å². The molecule has 0 bridgehead atoms. The normalized spacial score (nSPS) is 25.7. The standard InChI is InChI=1S/C38H45O6P/c1-5-41-33-17-15-23(3)19-29(33)31-21-25-11-7-9-13-27(25)35-36-28-14-10-8-12-26(28)22-32(38(36)44-45(39,40)43-37(31)35)30-20-24(4)16-18-34(30)42-6-2/h15-21,32,36,38H,5-14,22H2,1-4H3,(H,39,40)/t32?,36-,38-/m1/s1. The van der Waals surface area contributed by atoms with Gasteiger partial charge in [-0.3, -0.25) is 9.42 Å². The van der Waals surface area contributed by atoms with Crippen LogP contribution in [-0.4, -0.2) is 24.2 Å². The molecule has 0 fully saturated rings. The molecule has 7 heteroatoms. The lowest BCUT2D eigenvalue weighted by Crippen LogP contribution is -2.35. The number of rotatable bonds is 6. The van der Waals surface area contributed by atoms with Crippen molar-refractivity contribution in [2.45, 2.75) is 103 Å². The average molecular weight is 629 g/mol. The van der Waals surface area contributed by atoms with Gasteiger partial charge in [0.1, 0.15) is 17.2 Å². The van der Waals surface area contributed by atoms with Crippen LogP contribution >= 0.6 is 7.82 Å². The molecule has 0 amide bonds. The number of fused-ring (bicyclic) bond motifs is 6. The van der Waals surface area contributed by atoms with Crippen LogP contribution < -0.4 is 14.0 Å². The maximum Gasteiger partial charge on any atom is 0.527 e. The molecule has 6 nitrogen and oxygen atoms in total. The summed E-state index contributed by atoms with van der Waals surface area (Å²) in [5, 5.41) is 0. The van der Waals surface area contributed by atoms with Gasteiger partial charge in [-0.15, -0.1) is 0 Å². The minimum atomic E-state index is -4.53. The third kappa shape index (κ3) is 5.64. The predicted molar refractivity (Wildman–Crippen MR) is 178 cm³/mol. The van der Waals surface area contributed by atoms with Crippen molar-refractivity contribution < 1.29 is 28.0 Å². The fraction of sp³-hybridized carbons (Fsp3) is 0.474. The molecule has 45 heavy (non-hydrogen) atoms. The Labute approximate surface area is 267 Å². The van der Waals surface area contributed by atoms with Crippen molar-refractivity contribution in [2.24, 2.45) is 0 Å². The van der Waals surface area contributed by atoms with Gasteiger partial charge in [0.25, 0.3) is 0 Å². The van der Waals surface area contributed by atoms with Gasteiger partial charge in [-0.2, -0.15) is 0 Å². The molecule has 1 aliphatic heterocycles. The quantitative estimate of drug-likeness (QED) is 0.216. The van der Waals surface area contributed by atoms with Crippen molar-refractivity contribution in [1.82, 2.24) is 0 Å². The highest BCUT2D eigenvalue weighted by atomic mass is 31.2. The molecule has 3 aromatic carbocycles. The second kappa shape index (κ2) is 12.3. The summed E-state index contributed by atoms with van der Waals surface area (Å²) in [7, 11) is -4.53. The van der Waals surface area contributed by atoms with Crippen LogP contribution in [0, 0.1) is 13.8 Å². The smallest absolute Gasteiger partial charge is 0.494 e. The van der Waals surface area contributed by atoms with Crippen LogP contribution in [0.5, 0.6) is 17.2 Å². The highest BCUT2D eigenvalue weighted by molar-refractivity contribution is 7.47. The molecule has 0 saturated heterocycles. The van der Waals surface area contributed by atoms with E-state index in [1.54, 1.807) is 0 Å². The van der Waals surface area contributed by atoms with E-state index in [9.17, 15) is 9.46 Å². The molecular formula is C38H45O6P. The van der Waals surface area contributed by atoms with Gasteiger partial charge in [-0.1, -0.05) is 40.5 Å². The van der Waals surface area contributed by atoms with Crippen LogP contribution in [-0.2, 0) is 21.9 Å². The number of allylic oxidation sites excluding steroid dienone is 1. The molecule has 0 aromatic heterocycles. The number of benzene rings is 3. The molecule has 0 spiro atoms. The summed E-state index contributed by atoms with van der Waals surface area (Å²) in [6.45, 7) is 9.21. The minimum Gasteiger partial charge on any atom is -0.494 e. The molecule has 7 rings (SSSR count). The number of phosphoric acid groups is 1. The van der Waals surface area contributed by atoms with E-state index in [0.29, 0.717) is 19.0 Å². The van der Waals surface area contributed by atoms with Crippen molar-refractivity contribution in [2.75, 3.05) is 13.2 Å². The van der Waals surface area contributed by atoms with Gasteiger partial charge in [0.2, 0.25) is 0 Å². The Bertz CT molecular complexity index is 1710. The summed E-state index contributed by atoms with van der Waals surface area (Å²) < 4.78 is 39.2. The largest absolute Gasteiger partial charge is 0.527 e. The van der Waals surface area contributed by atoms with Crippen molar-refractivity contribution in [3.63, 3.8) is 0 Å². The summed E-state index contributed by atoms with van der Waals surface area (Å²) in [5.74, 6) is 1.74. The Balaban J connectivity index is 1.53. The van der Waals surface area contributed by atoms with Crippen LogP contribution in [0.3, 0.4) is 0 Å². The van der Waals surface area contributed by atoms with Crippen molar-refractivity contribution in [3.8, 4) is 28.4 Å². The number of aryl methyl sites for hydroxylation is 3. The molecule has 3 aliphatic carbocycles. The fourth-order valence-electron chi connectivity index (χ4n) is 8.39. The van der Waals surface area contributed by atoms with Crippen LogP contribution in [0.15, 0.2) is 53.6 Å². The van der Waals surface area contributed by atoms with Gasteiger partial charge in [-0.25, -0.2) is 4.57 Å². The highest BCUT2D eigenvalue weighted by Gasteiger charge is 2.50. The summed E-state index contributed by atoms with van der Waals surface area (Å²) in [4.78, 5) is 11.6. The monoisotopic (exact) mass is 628 g/mol. The zero-order chi connectivity index (χ0) is 31.3. The first-order valence-corrected chi connectivity index (χ1v) is 18.3. The predicted octanol–water partition coefficient (Wildman–Crippen LogP) is 9.67. The van der Waals surface area contributed by atoms with Crippen LogP contribution in [0.1, 0.15) is 104 Å². The molecule has 3 aromatic rings. The third-order valence-electron chi connectivity index (χ3n) is 10.2. The van der Waals surface area contributed by atoms with E-state index in [-0.39, 0.29) is 11.8 Å². The van der Waals surface area contributed by atoms with Gasteiger partial charge >= 0.3 is 7.82 Å². The van der Waals surface area contributed by atoms with E-state index in [1.807, 2.05) is 32.0 Å². The molecule has 2 unspecified atom stereocenters. The first-order valence-electron chi connectivity index (χ1n) is 16.8. The molecule has 1 N–H and O–H groups in total. The lowest BCUT2D eigenvalue weighted by molar-refractivity contribution is 0.102. The summed E-state index contributed by atoms with van der Waals surface area (Å²) >= 11 is 0. The van der Waals surface area contributed by atoms with Gasteiger partial charge in [0.15, 0.2) is 0 Å². The van der Waals surface area contributed by atoms with Crippen molar-refractivity contribution in [3.05, 3.63) is 87.0 Å². The van der Waals surface area contributed by atoms with Crippen LogP contribution in [0.2, 0.25) is 0 Å². The lowest BCUT2D eigenvalue weighted by atomic mass is 9.64. The Hall–Kier alpha value is -3.05. The molecule has 0 radical (unpaired) electrons. The Kier molecular flexibility index (Phi) is 8.35. The zero-order valence-electron chi connectivity index (χ0n) is 27.0. The minimum absolute atomic E-state index is 0.149. The van der Waals surface area contributed by atoms with E-state index in [1.165, 1.54) is 22.3 Å². The second-order valence-electron chi connectivity index (χ2n) is 13.2. The highest BCUT2D eigenvalue weighted by Crippen LogP contribution is 2.64. The summed E-state index contributed by atoms with van der Waals surface area (Å²) in [5.41, 5.74) is 11.5. The van der Waals surface area contributed by atoms with Gasteiger partial charge in [0.05, 0.1) is 19.3 Å². The Morgan fingerprint density at radius 1 is 0.844 bits per heavy atom. The van der Waals surface area contributed by atoms with E-state index in [0.717, 1.165) is 103 Å². The van der Waals surface area contributed by atoms with Gasteiger partial charge in [0, 0.05) is 34.1 Å². The van der Waals surface area contributed by atoms with E-state index in [2.05, 4.69) is 38.1 Å². The maximum atomic E-state index is 14.1. The van der Waals surface area contributed by atoms with Crippen molar-refractivity contribution in [1.29, 1.82) is 0 Å². The Morgan fingerprint density at radius 2 is 1.53 bits per heavy atom. The van der Waals surface area contributed by atoms with E-state index >= 15 is 0 Å². The van der Waals surface area contributed by atoms with Gasteiger partial charge < -0.3 is 14.0 Å². The average Bonchev–Trinajstić information content (AvgIpc) is 3.15. The number of hydrogen-bond acceptors (Lipinski definition) is 5. The third-order valence-corrected chi connectivity index (χ3v) is 11.1. The van der Waals surface area contributed by atoms with E-state index in [4.69, 9.17) is 18.5 Å². The zero-order valence-corrected chi connectivity index (χ0v) is 27.9. The van der Waals surface area contributed by atoms with Crippen LogP contribution in [0.25, 0.3) is 11.1 Å². The molecule has 0 saturated carbocycles. The van der Waals surface area contributed by atoms with Crippen molar-refractivity contribution >= 4 is 7.82 Å². The molecular weight excluding hydrogens is 583 g/mol. The topological polar surface area (TPSA) is 74.2 Å². The second-order valence-corrected chi connectivity index (χ2v) is 14.5. The Morgan fingerprint density at radius 3 is 2.33 bits per heavy atom. The fourth-order valence-corrected chi connectivity index (χ4v) is 9.43. The first kappa shape index (κ1) is 30.6. The molecule has 4 aliphatic rings. The molecule has 238 valence electrons. The first-order chi connectivity index (χ1) is 21.8. The van der Waals surface area contributed by atoms with Gasteiger partial charge in [-0.05, 0) is 121 Å². The lowest BCUT2D eigenvalue weighted by Gasteiger charge is -2.43. The molecule has 4 atom stereocenters.